The first-order valence-corrected chi connectivity index (χ1v) is 14.3. The van der Waals surface area contributed by atoms with E-state index in [-0.39, 0.29) is 18.0 Å². The molecule has 0 bridgehead atoms. The van der Waals surface area contributed by atoms with Crippen LogP contribution < -0.4 is 4.73 Å². The fraction of sp³-hybridized carbons (Fsp3) is 0.414. The monoisotopic (exact) mass is 583 g/mol. The molecule has 1 fully saturated rings. The van der Waals surface area contributed by atoms with Crippen molar-refractivity contribution in [2.45, 2.75) is 57.5 Å². The Bertz CT molecular complexity index is 1220. The number of unbranched alkanes of at least 4 members (excludes halogenated alkanes) is 1. The Balaban J connectivity index is 1.44. The van der Waals surface area contributed by atoms with E-state index in [1.165, 1.54) is 16.7 Å². The van der Waals surface area contributed by atoms with Crippen LogP contribution in [0, 0.1) is 0 Å². The third-order valence-corrected chi connectivity index (χ3v) is 8.29. The number of benzene rings is 1. The third kappa shape index (κ3) is 5.84. The summed E-state index contributed by atoms with van der Waals surface area (Å²) in [6.45, 7) is 4.47. The van der Waals surface area contributed by atoms with Crippen molar-refractivity contribution in [2.75, 3.05) is 19.6 Å². The fourth-order valence-corrected chi connectivity index (χ4v) is 6.33. The van der Waals surface area contributed by atoms with Gasteiger partial charge in [-0.15, -0.1) is 0 Å². The first-order chi connectivity index (χ1) is 17.9. The molecule has 1 aliphatic heterocycles. The minimum Gasteiger partial charge on any atom is -0.337 e. The van der Waals surface area contributed by atoms with Gasteiger partial charge in [0.25, 0.3) is 0 Å². The molecule has 8 heteroatoms. The molecule has 0 saturated carbocycles. The Kier molecular flexibility index (Phi) is 8.12. The highest BCUT2D eigenvalue weighted by atomic mass is 79.9. The molecule has 0 spiro atoms. The van der Waals surface area contributed by atoms with E-state index in [9.17, 15) is 10.0 Å². The zero-order valence-electron chi connectivity index (χ0n) is 21.1. The smallest absolute Gasteiger partial charge is 0.227 e. The van der Waals surface area contributed by atoms with Gasteiger partial charge in [-0.3, -0.25) is 19.9 Å². The maximum absolute atomic E-state index is 13.4. The van der Waals surface area contributed by atoms with Crippen molar-refractivity contribution in [3.05, 3.63) is 92.4 Å². The van der Waals surface area contributed by atoms with Crippen LogP contribution in [0.3, 0.4) is 0 Å². The molecule has 1 aromatic carbocycles. The largest absolute Gasteiger partial charge is 0.337 e. The van der Waals surface area contributed by atoms with Gasteiger partial charge in [0, 0.05) is 58.2 Å². The van der Waals surface area contributed by atoms with Gasteiger partial charge in [-0.1, -0.05) is 37.4 Å². The summed E-state index contributed by atoms with van der Waals surface area (Å²) in [6.07, 6.45) is 10.4. The van der Waals surface area contributed by atoms with Crippen LogP contribution in [0.25, 0.3) is 0 Å². The molecule has 2 aliphatic rings. The zero-order valence-corrected chi connectivity index (χ0v) is 23.5. The highest BCUT2D eigenvalue weighted by Gasteiger charge is 2.37. The number of carbonyl (C=O) groups excluding carboxylic acids is 1. The van der Waals surface area contributed by atoms with Crippen LogP contribution in [-0.2, 0) is 24.1 Å². The quantitative estimate of drug-likeness (QED) is 0.321. The molecular weight excluding hydrogens is 552 g/mol. The van der Waals surface area contributed by atoms with Crippen molar-refractivity contribution in [1.29, 1.82) is 0 Å². The van der Waals surface area contributed by atoms with Crippen molar-refractivity contribution in [3.63, 3.8) is 0 Å². The molecule has 3 heterocycles. The maximum atomic E-state index is 13.4. The summed E-state index contributed by atoms with van der Waals surface area (Å²) in [6, 6.07) is 12.2. The lowest BCUT2D eigenvalue weighted by molar-refractivity contribution is -0.904. The van der Waals surface area contributed by atoms with Crippen LogP contribution in [0.1, 0.15) is 60.2 Å². The van der Waals surface area contributed by atoms with E-state index in [0.717, 1.165) is 70.7 Å². The second-order valence-corrected chi connectivity index (χ2v) is 11.4. The van der Waals surface area contributed by atoms with Crippen LogP contribution in [0.2, 0.25) is 5.02 Å². The Hall–Kier alpha value is -2.48. The lowest BCUT2D eigenvalue weighted by Crippen LogP contribution is -2.56. The molecule has 1 unspecified atom stereocenters. The lowest BCUT2D eigenvalue weighted by Gasteiger charge is -2.45. The molecule has 194 valence electrons. The van der Waals surface area contributed by atoms with Crippen LogP contribution in [0.5, 0.6) is 0 Å². The van der Waals surface area contributed by atoms with E-state index in [4.69, 9.17) is 16.6 Å². The number of pyridine rings is 2. The minimum atomic E-state index is 0.0355. The van der Waals surface area contributed by atoms with Crippen LogP contribution in [0.4, 0.5) is 0 Å². The van der Waals surface area contributed by atoms with Gasteiger partial charge in [-0.25, -0.2) is 0 Å². The van der Waals surface area contributed by atoms with Gasteiger partial charge < -0.3 is 4.90 Å². The molecule has 6 nitrogen and oxygen atoms in total. The molecular formula is C29H33BrClN4O2+. The summed E-state index contributed by atoms with van der Waals surface area (Å²) in [5, 5.41) is 10.3. The normalized spacial score (nSPS) is 19.7. The number of nitrogens with zero attached hydrogens (tertiary/aromatic N) is 4. The highest BCUT2D eigenvalue weighted by Crippen LogP contribution is 2.38. The van der Waals surface area contributed by atoms with E-state index in [1.54, 1.807) is 24.5 Å². The predicted octanol–water partition coefficient (Wildman–Crippen LogP) is 5.16. The van der Waals surface area contributed by atoms with Gasteiger partial charge in [0.05, 0.1) is 18.2 Å². The van der Waals surface area contributed by atoms with Gasteiger partial charge in [-0.05, 0) is 75.6 Å². The summed E-state index contributed by atoms with van der Waals surface area (Å²) in [4.78, 5) is 23.0. The Morgan fingerprint density at radius 2 is 1.95 bits per heavy atom. The topological polar surface area (TPSA) is 60.6 Å². The fourth-order valence-electron chi connectivity index (χ4n) is 5.75. The van der Waals surface area contributed by atoms with Crippen molar-refractivity contribution in [3.8, 4) is 0 Å². The average molecular weight is 585 g/mol. The number of amides is 1. The number of fused-ring (bicyclic) bond motifs is 2. The van der Waals surface area contributed by atoms with Crippen molar-refractivity contribution in [2.24, 2.45) is 0 Å². The summed E-state index contributed by atoms with van der Waals surface area (Å²) in [5.41, 5.74) is 5.83. The molecule has 5 rings (SSSR count). The molecule has 0 radical (unpaired) electrons. The molecule has 3 aromatic rings. The Morgan fingerprint density at radius 1 is 1.16 bits per heavy atom. The molecule has 2 atom stereocenters. The minimum absolute atomic E-state index is 0.0355. The molecule has 37 heavy (non-hydrogen) atoms. The van der Waals surface area contributed by atoms with Crippen LogP contribution >= 0.6 is 27.5 Å². The highest BCUT2D eigenvalue weighted by molar-refractivity contribution is 9.10. The van der Waals surface area contributed by atoms with E-state index in [1.807, 2.05) is 12.3 Å². The van der Waals surface area contributed by atoms with Gasteiger partial charge in [0.1, 0.15) is 0 Å². The number of rotatable bonds is 6. The van der Waals surface area contributed by atoms with E-state index < -0.39 is 0 Å². The first-order valence-electron chi connectivity index (χ1n) is 13.1. The van der Waals surface area contributed by atoms with E-state index in [2.05, 4.69) is 50.9 Å². The molecule has 2 aromatic heterocycles. The van der Waals surface area contributed by atoms with Gasteiger partial charge in [-0.2, -0.15) is 0 Å². The average Bonchev–Trinajstić information content (AvgIpc) is 3.04. The first kappa shape index (κ1) is 26.1. The number of aryl methyl sites for hydroxylation is 2. The van der Waals surface area contributed by atoms with Gasteiger partial charge in [0.2, 0.25) is 18.3 Å². The third-order valence-electron chi connectivity index (χ3n) is 7.62. The predicted molar refractivity (Wildman–Crippen MR) is 147 cm³/mol. The van der Waals surface area contributed by atoms with Gasteiger partial charge >= 0.3 is 0 Å². The second kappa shape index (κ2) is 11.5. The van der Waals surface area contributed by atoms with E-state index >= 15 is 0 Å². The van der Waals surface area contributed by atoms with Crippen molar-refractivity contribution in [1.82, 2.24) is 14.8 Å². The van der Waals surface area contributed by atoms with E-state index in [0.29, 0.717) is 13.0 Å². The number of carbonyl (C=O) groups is 1. The summed E-state index contributed by atoms with van der Waals surface area (Å²) >= 11 is 10.0. The molecule has 1 saturated heterocycles. The summed E-state index contributed by atoms with van der Waals surface area (Å²) < 4.78 is 2.00. The summed E-state index contributed by atoms with van der Waals surface area (Å²) in [5.74, 6) is 0.145. The number of hydrogen-bond donors (Lipinski definition) is 1. The molecule has 1 aliphatic carbocycles. The number of hydrogen-bond acceptors (Lipinski definition) is 4. The lowest BCUT2D eigenvalue weighted by atomic mass is 9.94. The number of aromatic nitrogens is 2. The number of halogens is 2. The second-order valence-electron chi connectivity index (χ2n) is 10.1. The number of piperazine rings is 1. The van der Waals surface area contributed by atoms with Crippen molar-refractivity contribution < 1.29 is 14.7 Å². The molecule has 1 N–H and O–H groups in total. The van der Waals surface area contributed by atoms with Crippen LogP contribution in [0.15, 0.2) is 59.5 Å². The summed E-state index contributed by atoms with van der Waals surface area (Å²) in [7, 11) is 0. The SMILES string of the molecule is CCCC[C@H]1CN(C2c3ccc(Cl)cc3CCc3cc(Br)cnc32)CCN1C(=O)Cc1cc[n+](O)cc1. The standard InChI is InChI=1S/C29H33BrClN4O2/c1-2-3-4-25-19-33(13-14-35(25)27(36)15-20-9-11-34(37)12-10-20)29-26-8-7-24(31)17-21(26)5-6-22-16-23(30)18-32-28(22)29/h7-12,16-18,25,29,37H,2-6,13-15,19H2,1H3/q+1/t25-,29?/m0/s1. The van der Waals surface area contributed by atoms with Crippen LogP contribution in [-0.4, -0.2) is 51.6 Å². The zero-order chi connectivity index (χ0) is 25.9. The Labute approximate surface area is 232 Å². The van der Waals surface area contributed by atoms with Crippen molar-refractivity contribution >= 4 is 33.4 Å². The Morgan fingerprint density at radius 3 is 2.73 bits per heavy atom. The maximum Gasteiger partial charge on any atom is 0.227 e. The molecule has 1 amide bonds. The van der Waals surface area contributed by atoms with Gasteiger partial charge in [0.15, 0.2) is 0 Å².